The molecule has 1 N–H and O–H groups in total. The van der Waals surface area contributed by atoms with Gasteiger partial charge < -0.3 is 5.32 Å². The maximum Gasteiger partial charge on any atom is 0.271 e. The number of sulfonamides is 1. The number of nitrogens with one attached hydrogen (secondary N) is 1. The number of amides is 1. The molecule has 1 amide bonds. The molecule has 0 saturated carbocycles. The smallest absolute Gasteiger partial charge is 0.271 e. The average Bonchev–Trinajstić information content (AvgIpc) is 2.62. The van der Waals surface area contributed by atoms with Crippen molar-refractivity contribution in [3.05, 3.63) is 63.7 Å². The number of hydrogen-bond acceptors (Lipinski definition) is 5. The van der Waals surface area contributed by atoms with Gasteiger partial charge in [-0.15, -0.1) is 0 Å². The van der Waals surface area contributed by atoms with Crippen LogP contribution in [-0.2, 0) is 21.2 Å². The van der Waals surface area contributed by atoms with E-state index in [0.717, 1.165) is 16.1 Å². The zero-order valence-electron chi connectivity index (χ0n) is 16.2. The van der Waals surface area contributed by atoms with Gasteiger partial charge >= 0.3 is 0 Å². The summed E-state index contributed by atoms with van der Waals surface area (Å²) in [7, 11) is -3.89. The number of non-ortho nitro benzene ring substituents is 1. The minimum atomic E-state index is -3.89. The van der Waals surface area contributed by atoms with Gasteiger partial charge in [-0.2, -0.15) is 0 Å². The Bertz CT molecular complexity index is 1000. The zero-order valence-corrected chi connectivity index (χ0v) is 17.0. The summed E-state index contributed by atoms with van der Waals surface area (Å²) in [5.41, 5.74) is 1.87. The molecule has 28 heavy (non-hydrogen) atoms. The lowest BCUT2D eigenvalue weighted by molar-refractivity contribution is -0.384. The monoisotopic (exact) mass is 405 g/mol. The van der Waals surface area contributed by atoms with E-state index in [1.54, 1.807) is 19.1 Å². The first kappa shape index (κ1) is 21.4. The highest BCUT2D eigenvalue weighted by atomic mass is 32.2. The molecular formula is C19H23N3O5S. The number of carbonyl (C=O) groups excluding carboxylic acids is 1. The predicted molar refractivity (Wildman–Crippen MR) is 109 cm³/mol. The summed E-state index contributed by atoms with van der Waals surface area (Å²) in [4.78, 5) is 23.3. The Labute approximate surface area is 164 Å². The lowest BCUT2D eigenvalue weighted by Crippen LogP contribution is -2.45. The number of nitrogens with zero attached hydrogens (tertiary/aromatic N) is 2. The summed E-state index contributed by atoms with van der Waals surface area (Å²) in [5.74, 6) is -0.530. The Morgan fingerprint density at radius 1 is 1.25 bits per heavy atom. The van der Waals surface area contributed by atoms with Crippen LogP contribution in [0.1, 0.15) is 25.0 Å². The summed E-state index contributed by atoms with van der Waals surface area (Å²) in [6.45, 7) is 5.03. The number of benzene rings is 2. The number of hydrogen-bond donors (Lipinski definition) is 1. The van der Waals surface area contributed by atoms with E-state index in [0.29, 0.717) is 17.7 Å². The fraction of sp³-hybridized carbons (Fsp3) is 0.316. The Balaban J connectivity index is 2.45. The third-order valence-electron chi connectivity index (χ3n) is 4.39. The zero-order chi connectivity index (χ0) is 21.1. The van der Waals surface area contributed by atoms with Gasteiger partial charge in [0, 0.05) is 17.8 Å². The van der Waals surface area contributed by atoms with Crippen LogP contribution in [0.15, 0.2) is 42.5 Å². The average molecular weight is 405 g/mol. The van der Waals surface area contributed by atoms with Crippen molar-refractivity contribution in [1.82, 2.24) is 0 Å². The number of nitro benzene ring substituents is 1. The number of para-hydroxylation sites is 1. The molecular weight excluding hydrogens is 382 g/mol. The second-order valence-electron chi connectivity index (χ2n) is 6.46. The van der Waals surface area contributed by atoms with Crippen molar-refractivity contribution in [2.24, 2.45) is 0 Å². The van der Waals surface area contributed by atoms with Gasteiger partial charge in [-0.3, -0.25) is 19.2 Å². The summed E-state index contributed by atoms with van der Waals surface area (Å²) >= 11 is 0. The number of rotatable bonds is 7. The second kappa shape index (κ2) is 8.39. The number of anilines is 2. The maximum absolute atomic E-state index is 12.8. The van der Waals surface area contributed by atoms with Crippen molar-refractivity contribution in [2.45, 2.75) is 33.2 Å². The van der Waals surface area contributed by atoms with Gasteiger partial charge in [-0.25, -0.2) is 8.42 Å². The Morgan fingerprint density at radius 3 is 2.46 bits per heavy atom. The van der Waals surface area contributed by atoms with Crippen LogP contribution >= 0.6 is 0 Å². The molecule has 0 aliphatic rings. The van der Waals surface area contributed by atoms with E-state index in [2.05, 4.69) is 5.32 Å². The van der Waals surface area contributed by atoms with Gasteiger partial charge in [0.15, 0.2) is 0 Å². The topological polar surface area (TPSA) is 110 Å². The van der Waals surface area contributed by atoms with Gasteiger partial charge in [0.1, 0.15) is 6.04 Å². The summed E-state index contributed by atoms with van der Waals surface area (Å²) in [5, 5.41) is 13.9. The first-order chi connectivity index (χ1) is 13.1. The van der Waals surface area contributed by atoms with E-state index in [4.69, 9.17) is 0 Å². The first-order valence-corrected chi connectivity index (χ1v) is 10.5. The molecule has 0 aliphatic heterocycles. The van der Waals surface area contributed by atoms with Crippen LogP contribution in [0.3, 0.4) is 0 Å². The van der Waals surface area contributed by atoms with Crippen LogP contribution in [0.5, 0.6) is 0 Å². The highest BCUT2D eigenvalue weighted by molar-refractivity contribution is 7.92. The third kappa shape index (κ3) is 4.66. The second-order valence-corrected chi connectivity index (χ2v) is 8.32. The van der Waals surface area contributed by atoms with Crippen molar-refractivity contribution >= 4 is 33.0 Å². The predicted octanol–water partition coefficient (Wildman–Crippen LogP) is 3.26. The minimum absolute atomic E-state index is 0.100. The lowest BCUT2D eigenvalue weighted by atomic mass is 10.1. The van der Waals surface area contributed by atoms with Gasteiger partial charge in [-0.1, -0.05) is 31.2 Å². The molecule has 0 aliphatic carbocycles. The summed E-state index contributed by atoms with van der Waals surface area (Å²) in [6.07, 6.45) is 1.67. The number of aryl methyl sites for hydroxylation is 2. The fourth-order valence-electron chi connectivity index (χ4n) is 2.92. The van der Waals surface area contributed by atoms with Gasteiger partial charge in [0.2, 0.25) is 15.9 Å². The molecule has 0 spiro atoms. The minimum Gasteiger partial charge on any atom is -0.324 e. The van der Waals surface area contributed by atoms with Crippen molar-refractivity contribution in [2.75, 3.05) is 15.9 Å². The first-order valence-electron chi connectivity index (χ1n) is 8.69. The Morgan fingerprint density at radius 2 is 1.89 bits per heavy atom. The van der Waals surface area contributed by atoms with E-state index in [-0.39, 0.29) is 11.4 Å². The van der Waals surface area contributed by atoms with Crippen molar-refractivity contribution in [3.63, 3.8) is 0 Å². The number of carbonyl (C=O) groups is 1. The van der Waals surface area contributed by atoms with Crippen LogP contribution in [0.4, 0.5) is 17.1 Å². The van der Waals surface area contributed by atoms with E-state index in [1.165, 1.54) is 25.1 Å². The van der Waals surface area contributed by atoms with Crippen LogP contribution < -0.4 is 9.62 Å². The fourth-order valence-corrected chi connectivity index (χ4v) is 4.14. The van der Waals surface area contributed by atoms with E-state index >= 15 is 0 Å². The lowest BCUT2D eigenvalue weighted by Gasteiger charge is -2.29. The standard InChI is InChI=1S/C19H23N3O5S/c1-5-15-8-6-7-9-17(15)20-19(23)14(3)21(28(4,26)27)18-12-16(22(24)25)11-10-13(18)2/h6-12,14H,5H2,1-4H3,(H,20,23)/t14-/m1/s1. The summed E-state index contributed by atoms with van der Waals surface area (Å²) < 4.78 is 25.8. The van der Waals surface area contributed by atoms with Gasteiger partial charge in [0.25, 0.3) is 5.69 Å². The van der Waals surface area contributed by atoms with Crippen LogP contribution in [0, 0.1) is 17.0 Å². The van der Waals surface area contributed by atoms with Crippen molar-refractivity contribution in [3.8, 4) is 0 Å². The molecule has 8 nitrogen and oxygen atoms in total. The Kier molecular flexibility index (Phi) is 6.40. The van der Waals surface area contributed by atoms with E-state index in [1.807, 2.05) is 19.1 Å². The molecule has 150 valence electrons. The molecule has 0 saturated heterocycles. The molecule has 2 aromatic rings. The van der Waals surface area contributed by atoms with Gasteiger partial charge in [0.05, 0.1) is 16.9 Å². The molecule has 0 heterocycles. The van der Waals surface area contributed by atoms with Crippen LogP contribution in [0.25, 0.3) is 0 Å². The normalized spacial score (nSPS) is 12.3. The maximum atomic E-state index is 12.8. The Hall–Kier alpha value is -2.94. The molecule has 9 heteroatoms. The molecule has 0 fully saturated rings. The molecule has 0 bridgehead atoms. The molecule has 2 rings (SSSR count). The van der Waals surface area contributed by atoms with E-state index < -0.39 is 26.9 Å². The van der Waals surface area contributed by atoms with Crippen molar-refractivity contribution in [1.29, 1.82) is 0 Å². The van der Waals surface area contributed by atoms with Crippen LogP contribution in [0.2, 0.25) is 0 Å². The highest BCUT2D eigenvalue weighted by Crippen LogP contribution is 2.29. The van der Waals surface area contributed by atoms with Gasteiger partial charge in [-0.05, 0) is 37.5 Å². The highest BCUT2D eigenvalue weighted by Gasteiger charge is 2.31. The molecule has 0 unspecified atom stereocenters. The molecule has 2 aromatic carbocycles. The molecule has 0 aromatic heterocycles. The molecule has 0 radical (unpaired) electrons. The SMILES string of the molecule is CCc1ccccc1NC(=O)[C@@H](C)N(c1cc([N+](=O)[O-])ccc1C)S(C)(=O)=O. The summed E-state index contributed by atoms with van der Waals surface area (Å²) in [6, 6.07) is 10.1. The van der Waals surface area contributed by atoms with E-state index in [9.17, 15) is 23.3 Å². The molecule has 1 atom stereocenters. The third-order valence-corrected chi connectivity index (χ3v) is 5.61. The largest absolute Gasteiger partial charge is 0.324 e. The van der Waals surface area contributed by atoms with Crippen molar-refractivity contribution < 1.29 is 18.1 Å². The van der Waals surface area contributed by atoms with Crippen LogP contribution in [-0.4, -0.2) is 31.5 Å². The quantitative estimate of drug-likeness (QED) is 0.562. The number of nitro groups is 1.